The molecule has 138 valence electrons. The third-order valence-corrected chi connectivity index (χ3v) is 4.31. The van der Waals surface area contributed by atoms with Crippen LogP contribution >= 0.6 is 0 Å². The predicted molar refractivity (Wildman–Crippen MR) is 99.7 cm³/mol. The van der Waals surface area contributed by atoms with Gasteiger partial charge in [0, 0.05) is 12.5 Å². The quantitative estimate of drug-likeness (QED) is 0.714. The van der Waals surface area contributed by atoms with Crippen LogP contribution in [0, 0.1) is 0 Å². The highest BCUT2D eigenvalue weighted by molar-refractivity contribution is 5.92. The minimum absolute atomic E-state index is 0.0891. The second-order valence-electron chi connectivity index (χ2n) is 6.16. The summed E-state index contributed by atoms with van der Waals surface area (Å²) in [6, 6.07) is 16.4. The lowest BCUT2D eigenvalue weighted by Crippen LogP contribution is -2.38. The fourth-order valence-corrected chi connectivity index (χ4v) is 2.62. The second-order valence-corrected chi connectivity index (χ2v) is 6.16. The maximum Gasteiger partial charge on any atom is 0.338 e. The first-order valence-electron chi connectivity index (χ1n) is 8.78. The third kappa shape index (κ3) is 5.43. The lowest BCUT2D eigenvalue weighted by Gasteiger charge is -2.18. The molecule has 2 aromatic rings. The van der Waals surface area contributed by atoms with E-state index in [0.29, 0.717) is 17.7 Å². The maximum absolute atomic E-state index is 12.2. The van der Waals surface area contributed by atoms with Crippen LogP contribution in [0.25, 0.3) is 0 Å². The average Bonchev–Trinajstić information content (AvgIpc) is 2.69. The van der Waals surface area contributed by atoms with Gasteiger partial charge in [0.2, 0.25) is 0 Å². The zero-order chi connectivity index (χ0) is 18.9. The number of esters is 1. The van der Waals surface area contributed by atoms with Crippen LogP contribution in [0.1, 0.15) is 47.7 Å². The van der Waals surface area contributed by atoms with E-state index in [0.717, 1.165) is 6.42 Å². The Hall–Kier alpha value is -2.66. The molecule has 5 nitrogen and oxygen atoms in total. The highest BCUT2D eigenvalue weighted by atomic mass is 16.5. The molecule has 26 heavy (non-hydrogen) atoms. The van der Waals surface area contributed by atoms with Crippen LogP contribution in [-0.4, -0.2) is 29.6 Å². The molecule has 0 heterocycles. The van der Waals surface area contributed by atoms with E-state index in [4.69, 9.17) is 9.84 Å². The van der Waals surface area contributed by atoms with E-state index >= 15 is 0 Å². The Bertz CT molecular complexity index is 713. The van der Waals surface area contributed by atoms with E-state index in [1.807, 2.05) is 30.3 Å². The molecule has 0 saturated heterocycles. The van der Waals surface area contributed by atoms with E-state index in [1.54, 1.807) is 31.2 Å². The normalized spacial score (nSPS) is 12.9. The van der Waals surface area contributed by atoms with Crippen LogP contribution in [0.15, 0.2) is 54.6 Å². The molecule has 2 N–H and O–H groups in total. The van der Waals surface area contributed by atoms with Gasteiger partial charge in [0.1, 0.15) is 0 Å². The van der Waals surface area contributed by atoms with Crippen LogP contribution < -0.4 is 5.32 Å². The summed E-state index contributed by atoms with van der Waals surface area (Å²) >= 11 is 0. The summed E-state index contributed by atoms with van der Waals surface area (Å²) < 4.78 is 5.23. The van der Waals surface area contributed by atoms with E-state index in [1.165, 1.54) is 5.56 Å². The molecule has 0 fully saturated rings. The van der Waals surface area contributed by atoms with Gasteiger partial charge >= 0.3 is 5.97 Å². The highest BCUT2D eigenvalue weighted by Gasteiger charge is 2.20. The number of benzene rings is 2. The molecular weight excluding hydrogens is 330 g/mol. The van der Waals surface area contributed by atoms with Crippen molar-refractivity contribution < 1.29 is 19.4 Å². The minimum Gasteiger partial charge on any atom is -0.449 e. The molecule has 2 aromatic carbocycles. The molecular formula is C21H25NO4. The molecule has 0 aliphatic carbocycles. The summed E-state index contributed by atoms with van der Waals surface area (Å²) in [6.45, 7) is 4.03. The number of amides is 1. The second kappa shape index (κ2) is 9.73. The fourth-order valence-electron chi connectivity index (χ4n) is 2.62. The Kier molecular flexibility index (Phi) is 7.36. The van der Waals surface area contributed by atoms with Crippen molar-refractivity contribution in [1.29, 1.82) is 0 Å². The monoisotopic (exact) mass is 355 g/mol. The van der Waals surface area contributed by atoms with Crippen LogP contribution in [-0.2, 0) is 16.1 Å². The topological polar surface area (TPSA) is 75.6 Å². The van der Waals surface area contributed by atoms with Gasteiger partial charge in [-0.2, -0.15) is 0 Å². The Morgan fingerprint density at radius 1 is 1.08 bits per heavy atom. The zero-order valence-electron chi connectivity index (χ0n) is 15.1. The van der Waals surface area contributed by atoms with Gasteiger partial charge in [-0.05, 0) is 36.6 Å². The van der Waals surface area contributed by atoms with E-state index in [-0.39, 0.29) is 18.4 Å². The number of carbonyl (C=O) groups is 2. The highest BCUT2D eigenvalue weighted by Crippen LogP contribution is 2.18. The summed E-state index contributed by atoms with van der Waals surface area (Å²) in [5.74, 6) is -0.666. The van der Waals surface area contributed by atoms with E-state index in [2.05, 4.69) is 12.2 Å². The number of hydrogen-bond acceptors (Lipinski definition) is 4. The summed E-state index contributed by atoms with van der Waals surface area (Å²) in [6.07, 6.45) is 0.0173. The number of aliphatic hydroxyl groups excluding tert-OH is 1. The maximum atomic E-state index is 12.2. The molecule has 2 rings (SSSR count). The molecule has 0 unspecified atom stereocenters. The van der Waals surface area contributed by atoms with E-state index in [9.17, 15) is 9.59 Å². The summed E-state index contributed by atoms with van der Waals surface area (Å²) in [5.41, 5.74) is 2.22. The predicted octanol–water partition coefficient (Wildman–Crippen LogP) is 3.03. The largest absolute Gasteiger partial charge is 0.449 e. The van der Waals surface area contributed by atoms with Crippen molar-refractivity contribution in [2.75, 3.05) is 6.54 Å². The van der Waals surface area contributed by atoms with Gasteiger partial charge < -0.3 is 15.2 Å². The molecule has 5 heteroatoms. The molecule has 0 aromatic heterocycles. The van der Waals surface area contributed by atoms with Crippen molar-refractivity contribution in [3.63, 3.8) is 0 Å². The SMILES string of the molecule is CC[C@H](CNC(=O)[C@@H](C)OC(=O)c1ccc(CO)cc1)c1ccccc1. The van der Waals surface area contributed by atoms with Crippen molar-refractivity contribution >= 4 is 11.9 Å². The molecule has 0 aliphatic rings. The number of aliphatic hydroxyl groups is 1. The Morgan fingerprint density at radius 2 is 1.73 bits per heavy atom. The van der Waals surface area contributed by atoms with Crippen molar-refractivity contribution in [2.24, 2.45) is 0 Å². The van der Waals surface area contributed by atoms with Gasteiger partial charge in [-0.25, -0.2) is 4.79 Å². The minimum atomic E-state index is -0.881. The van der Waals surface area contributed by atoms with Crippen LogP contribution in [0.4, 0.5) is 0 Å². The molecule has 0 aliphatic heterocycles. The van der Waals surface area contributed by atoms with E-state index < -0.39 is 12.1 Å². The van der Waals surface area contributed by atoms with Gasteiger partial charge in [-0.3, -0.25) is 4.79 Å². The van der Waals surface area contributed by atoms with Crippen molar-refractivity contribution in [3.8, 4) is 0 Å². The van der Waals surface area contributed by atoms with Gasteiger partial charge in [0.05, 0.1) is 12.2 Å². The van der Waals surface area contributed by atoms with Crippen LogP contribution in [0.2, 0.25) is 0 Å². The number of carbonyl (C=O) groups excluding carboxylic acids is 2. The Labute approximate surface area is 154 Å². The van der Waals surface area contributed by atoms with Crippen LogP contribution in [0.3, 0.4) is 0 Å². The molecule has 2 atom stereocenters. The van der Waals surface area contributed by atoms with Gasteiger partial charge in [-0.1, -0.05) is 49.4 Å². The molecule has 1 amide bonds. The summed E-state index contributed by atoms with van der Waals surface area (Å²) in [7, 11) is 0. The van der Waals surface area contributed by atoms with Crippen molar-refractivity contribution in [1.82, 2.24) is 5.32 Å². The Balaban J connectivity index is 1.87. The van der Waals surface area contributed by atoms with Gasteiger partial charge in [0.15, 0.2) is 6.10 Å². The standard InChI is InChI=1S/C21H25NO4/c1-3-17(18-7-5-4-6-8-18)13-22-20(24)15(2)26-21(25)19-11-9-16(14-23)10-12-19/h4-12,15,17,23H,3,13-14H2,1-2H3,(H,22,24)/t15-,17-/m1/s1. The van der Waals surface area contributed by atoms with Crippen molar-refractivity contribution in [2.45, 2.75) is 38.9 Å². The summed E-state index contributed by atoms with van der Waals surface area (Å²) in [5, 5.41) is 11.9. The first kappa shape index (κ1) is 19.7. The number of hydrogen-bond donors (Lipinski definition) is 2. The van der Waals surface area contributed by atoms with Gasteiger partial charge in [0.25, 0.3) is 5.91 Å². The summed E-state index contributed by atoms with van der Waals surface area (Å²) in [4.78, 5) is 24.4. The number of nitrogens with one attached hydrogen (secondary N) is 1. The van der Waals surface area contributed by atoms with Crippen LogP contribution in [0.5, 0.6) is 0 Å². The molecule has 0 spiro atoms. The first-order valence-corrected chi connectivity index (χ1v) is 8.78. The van der Waals surface area contributed by atoms with Crippen molar-refractivity contribution in [3.05, 3.63) is 71.3 Å². The zero-order valence-corrected chi connectivity index (χ0v) is 15.1. The smallest absolute Gasteiger partial charge is 0.338 e. The number of rotatable bonds is 8. The van der Waals surface area contributed by atoms with Gasteiger partial charge in [-0.15, -0.1) is 0 Å². The lowest BCUT2D eigenvalue weighted by molar-refractivity contribution is -0.129. The molecule has 0 saturated carbocycles. The first-order chi connectivity index (χ1) is 12.5. The third-order valence-electron chi connectivity index (χ3n) is 4.31. The fraction of sp³-hybridized carbons (Fsp3) is 0.333. The Morgan fingerprint density at radius 3 is 2.31 bits per heavy atom. The lowest BCUT2D eigenvalue weighted by atomic mass is 9.96. The molecule has 0 radical (unpaired) electrons. The average molecular weight is 355 g/mol. The molecule has 0 bridgehead atoms. The number of ether oxygens (including phenoxy) is 1.